The molecule has 0 N–H and O–H groups in total. The zero-order valence-corrected chi connectivity index (χ0v) is 39.5. The van der Waals surface area contributed by atoms with Crippen LogP contribution in [0.2, 0.25) is 0 Å². The van der Waals surface area contributed by atoms with Gasteiger partial charge in [0.15, 0.2) is 6.10 Å². The number of hydrogen-bond acceptors (Lipinski definition) is 8. The Morgan fingerprint density at radius 2 is 0.950 bits per heavy atom. The molecule has 0 aromatic carbocycles. The van der Waals surface area contributed by atoms with Crippen LogP contribution in [0.3, 0.4) is 0 Å². The number of hydrogen-bond donors (Lipinski definition) is 0. The van der Waals surface area contributed by atoms with Crippen molar-refractivity contribution in [3.05, 3.63) is 85.1 Å². The summed E-state index contributed by atoms with van der Waals surface area (Å²) in [5.74, 6) is -0.888. The number of ether oxygens (including phenoxy) is 2. The lowest BCUT2D eigenvalue weighted by Crippen LogP contribution is -2.37. The van der Waals surface area contributed by atoms with Crippen LogP contribution < -0.4 is 4.89 Å². The molecule has 0 fully saturated rings. The van der Waals surface area contributed by atoms with Gasteiger partial charge in [0.2, 0.25) is 0 Å². The zero-order valence-electron chi connectivity index (χ0n) is 38.6. The van der Waals surface area contributed by atoms with E-state index >= 15 is 0 Å². The third-order valence-electron chi connectivity index (χ3n) is 9.40. The fourth-order valence-electron chi connectivity index (χ4n) is 5.77. The minimum absolute atomic E-state index is 0.0436. The SMILES string of the molecule is CC/C=C\C/C=C\C/C=C\C/C=C\C/C=C\CCCCCC(=O)OC(COC(=O)CCCCCCCCC/C=C\C/C=C\CCCCC)COP(=O)([O-])OCC[N+](C)(C)C. The lowest BCUT2D eigenvalue weighted by Gasteiger charge is -2.28. The minimum atomic E-state index is -4.64. The Balaban J connectivity index is 4.42. The molecule has 0 heterocycles. The molecular formula is C50H86NO8P. The van der Waals surface area contributed by atoms with Crippen LogP contribution in [-0.2, 0) is 32.7 Å². The van der Waals surface area contributed by atoms with E-state index in [1.54, 1.807) is 0 Å². The van der Waals surface area contributed by atoms with Gasteiger partial charge >= 0.3 is 11.9 Å². The first-order chi connectivity index (χ1) is 29.0. The quantitative estimate of drug-likeness (QED) is 0.0196. The summed E-state index contributed by atoms with van der Waals surface area (Å²) in [6.07, 6.45) is 53.2. The van der Waals surface area contributed by atoms with Crippen LogP contribution in [0, 0.1) is 0 Å². The van der Waals surface area contributed by atoms with Crippen molar-refractivity contribution in [3.63, 3.8) is 0 Å². The van der Waals surface area contributed by atoms with Gasteiger partial charge in [0.25, 0.3) is 7.82 Å². The van der Waals surface area contributed by atoms with Crippen LogP contribution in [0.5, 0.6) is 0 Å². The van der Waals surface area contributed by atoms with Crippen LogP contribution >= 0.6 is 7.82 Å². The Bertz CT molecular complexity index is 1290. The van der Waals surface area contributed by atoms with Crippen LogP contribution in [0.1, 0.15) is 168 Å². The fourth-order valence-corrected chi connectivity index (χ4v) is 6.50. The molecule has 2 unspecified atom stereocenters. The summed E-state index contributed by atoms with van der Waals surface area (Å²) in [6.45, 7) is 4.02. The molecule has 2 atom stereocenters. The molecule has 0 rings (SSSR count). The summed E-state index contributed by atoms with van der Waals surface area (Å²) in [6, 6.07) is 0. The Morgan fingerprint density at radius 1 is 0.533 bits per heavy atom. The highest BCUT2D eigenvalue weighted by molar-refractivity contribution is 7.45. The van der Waals surface area contributed by atoms with Gasteiger partial charge in [-0.2, -0.15) is 0 Å². The molecule has 344 valence electrons. The highest BCUT2D eigenvalue weighted by atomic mass is 31.2. The number of phosphoric ester groups is 1. The van der Waals surface area contributed by atoms with Crippen LogP contribution in [0.4, 0.5) is 0 Å². The molecule has 0 aliphatic heterocycles. The van der Waals surface area contributed by atoms with E-state index in [2.05, 4.69) is 98.9 Å². The van der Waals surface area contributed by atoms with Crippen molar-refractivity contribution in [1.29, 1.82) is 0 Å². The van der Waals surface area contributed by atoms with Gasteiger partial charge in [-0.05, 0) is 89.9 Å². The highest BCUT2D eigenvalue weighted by Crippen LogP contribution is 2.38. The van der Waals surface area contributed by atoms with Crippen molar-refractivity contribution in [3.8, 4) is 0 Å². The maximum absolute atomic E-state index is 12.7. The number of likely N-dealkylation sites (N-methyl/N-ethyl adjacent to an activating group) is 1. The molecule has 10 heteroatoms. The molecule has 0 saturated carbocycles. The Labute approximate surface area is 367 Å². The van der Waals surface area contributed by atoms with E-state index in [1.165, 1.54) is 44.9 Å². The largest absolute Gasteiger partial charge is 0.756 e. The highest BCUT2D eigenvalue weighted by Gasteiger charge is 2.21. The summed E-state index contributed by atoms with van der Waals surface area (Å²) < 4.78 is 33.9. The number of carbonyl (C=O) groups excluding carboxylic acids is 2. The van der Waals surface area contributed by atoms with Crippen LogP contribution in [-0.4, -0.2) is 70.0 Å². The number of unbranched alkanes of at least 4 members (excludes halogenated alkanes) is 13. The summed E-state index contributed by atoms with van der Waals surface area (Å²) in [7, 11) is 1.12. The number of allylic oxidation sites excluding steroid dienone is 14. The molecule has 0 aromatic rings. The van der Waals surface area contributed by atoms with Gasteiger partial charge in [0.05, 0.1) is 27.7 Å². The summed E-state index contributed by atoms with van der Waals surface area (Å²) >= 11 is 0. The minimum Gasteiger partial charge on any atom is -0.756 e. The van der Waals surface area contributed by atoms with Gasteiger partial charge in [-0.15, -0.1) is 0 Å². The first kappa shape index (κ1) is 57.2. The van der Waals surface area contributed by atoms with Crippen LogP contribution in [0.25, 0.3) is 0 Å². The molecule has 0 spiro atoms. The van der Waals surface area contributed by atoms with E-state index in [-0.39, 0.29) is 26.1 Å². The molecule has 9 nitrogen and oxygen atoms in total. The molecule has 0 radical (unpaired) electrons. The maximum atomic E-state index is 12.7. The lowest BCUT2D eigenvalue weighted by atomic mass is 10.1. The van der Waals surface area contributed by atoms with Gasteiger partial charge < -0.3 is 27.9 Å². The molecule has 0 aliphatic carbocycles. The van der Waals surface area contributed by atoms with Gasteiger partial charge in [-0.25, -0.2) is 0 Å². The third kappa shape index (κ3) is 44.7. The van der Waals surface area contributed by atoms with E-state index in [0.29, 0.717) is 23.9 Å². The van der Waals surface area contributed by atoms with Crippen molar-refractivity contribution in [2.45, 2.75) is 174 Å². The standard InChI is InChI=1S/C50H86NO8P/c1-6-8-10-12-14-16-18-20-22-24-25-27-29-31-33-35-37-39-41-43-50(53)59-48(47-58-60(54,55)57-45-44-51(3,4)5)46-56-49(52)42-40-38-36-34-32-30-28-26-23-21-19-17-15-13-11-9-7-2/h8,10,14-17,20-23,25,27,31,33,48H,6-7,9,11-13,18-19,24,26,28-30,32,34-47H2,1-5H3/b10-8-,16-14-,17-15-,22-20-,23-21-,27-25-,33-31-. The first-order valence-electron chi connectivity index (χ1n) is 23.3. The van der Waals surface area contributed by atoms with E-state index in [0.717, 1.165) is 83.5 Å². The van der Waals surface area contributed by atoms with Crippen molar-refractivity contribution in [1.82, 2.24) is 0 Å². The van der Waals surface area contributed by atoms with Crippen molar-refractivity contribution in [2.75, 3.05) is 47.5 Å². The topological polar surface area (TPSA) is 111 Å². The first-order valence-corrected chi connectivity index (χ1v) is 24.8. The summed E-state index contributed by atoms with van der Waals surface area (Å²) in [5, 5.41) is 0. The molecule has 60 heavy (non-hydrogen) atoms. The predicted molar refractivity (Wildman–Crippen MR) is 249 cm³/mol. The molecule has 0 saturated heterocycles. The molecule has 0 aliphatic rings. The lowest BCUT2D eigenvalue weighted by molar-refractivity contribution is -0.870. The van der Waals surface area contributed by atoms with Gasteiger partial charge in [-0.1, -0.05) is 150 Å². The number of carbonyl (C=O) groups is 2. The number of rotatable bonds is 41. The number of phosphoric acid groups is 1. The van der Waals surface area contributed by atoms with E-state index < -0.39 is 32.5 Å². The van der Waals surface area contributed by atoms with Crippen molar-refractivity contribution in [2.24, 2.45) is 0 Å². The Kier molecular flexibility index (Phi) is 39.6. The summed E-state index contributed by atoms with van der Waals surface area (Å²) in [5.41, 5.74) is 0. The van der Waals surface area contributed by atoms with E-state index in [1.807, 2.05) is 21.1 Å². The molecule has 0 bridgehead atoms. The Morgan fingerprint density at radius 3 is 1.43 bits per heavy atom. The summed E-state index contributed by atoms with van der Waals surface area (Å²) in [4.78, 5) is 37.6. The fraction of sp³-hybridized carbons (Fsp3) is 0.680. The third-order valence-corrected chi connectivity index (χ3v) is 10.4. The van der Waals surface area contributed by atoms with Crippen molar-refractivity contribution < 1.29 is 42.1 Å². The van der Waals surface area contributed by atoms with E-state index in [9.17, 15) is 19.0 Å². The van der Waals surface area contributed by atoms with Gasteiger partial charge in [0, 0.05) is 12.8 Å². The predicted octanol–water partition coefficient (Wildman–Crippen LogP) is 12.9. The second-order valence-corrected chi connectivity index (χ2v) is 17.8. The van der Waals surface area contributed by atoms with E-state index in [4.69, 9.17) is 18.5 Å². The Hall–Kier alpha value is -2.81. The number of esters is 2. The number of quaternary nitrogens is 1. The molecule has 0 amide bonds. The molecule has 0 aromatic heterocycles. The van der Waals surface area contributed by atoms with Crippen molar-refractivity contribution >= 4 is 19.8 Å². The second-order valence-electron chi connectivity index (χ2n) is 16.4. The second kappa shape index (κ2) is 41.5. The average molecular weight is 860 g/mol. The average Bonchev–Trinajstić information content (AvgIpc) is 3.20. The smallest absolute Gasteiger partial charge is 0.306 e. The normalized spacial score (nSPS) is 14.3. The van der Waals surface area contributed by atoms with Gasteiger partial charge in [-0.3, -0.25) is 14.2 Å². The number of nitrogens with zero attached hydrogens (tertiary/aromatic N) is 1. The monoisotopic (exact) mass is 860 g/mol. The zero-order chi connectivity index (χ0) is 44.3. The molecular weight excluding hydrogens is 774 g/mol. The maximum Gasteiger partial charge on any atom is 0.306 e. The van der Waals surface area contributed by atoms with Gasteiger partial charge in [0.1, 0.15) is 19.8 Å². The van der Waals surface area contributed by atoms with Crippen LogP contribution in [0.15, 0.2) is 85.1 Å².